The standard InChI is InChI=1S/C3H8O3.C2H6O2.CH4O3S/c1-6-3(5)2-4;3-1-2-4;1-5(2,3)4/h3-5H,2H2,1H3;3-4H,1-2H2;1H3,(H,2,3,4). The van der Waals surface area contributed by atoms with Crippen molar-refractivity contribution in [3.8, 4) is 0 Å². The van der Waals surface area contributed by atoms with Crippen LogP contribution in [0.15, 0.2) is 0 Å². The van der Waals surface area contributed by atoms with Gasteiger partial charge < -0.3 is 25.2 Å². The molecule has 0 spiro atoms. The highest BCUT2D eigenvalue weighted by molar-refractivity contribution is 7.85. The lowest BCUT2D eigenvalue weighted by molar-refractivity contribution is -0.102. The molecule has 0 rings (SSSR count). The predicted molar refractivity (Wildman–Crippen MR) is 51.7 cm³/mol. The predicted octanol–water partition coefficient (Wildman–Crippen LogP) is -2.58. The molecule has 96 valence electrons. The van der Waals surface area contributed by atoms with Crippen molar-refractivity contribution in [1.29, 1.82) is 0 Å². The summed E-state index contributed by atoms with van der Waals surface area (Å²) in [5, 5.41) is 31.4. The lowest BCUT2D eigenvalue weighted by Gasteiger charge is -1.99. The number of aliphatic hydroxyl groups is 4. The molecule has 9 heteroatoms. The maximum atomic E-state index is 9.19. The second-order valence-corrected chi connectivity index (χ2v) is 3.52. The molecule has 8 nitrogen and oxygen atoms in total. The van der Waals surface area contributed by atoms with Gasteiger partial charge in [0, 0.05) is 7.11 Å². The molecule has 0 aliphatic heterocycles. The number of hydrogen-bond donors (Lipinski definition) is 5. The van der Waals surface area contributed by atoms with Crippen molar-refractivity contribution in [2.45, 2.75) is 6.29 Å². The van der Waals surface area contributed by atoms with E-state index < -0.39 is 16.4 Å². The van der Waals surface area contributed by atoms with Crippen LogP contribution in [0.1, 0.15) is 0 Å². The van der Waals surface area contributed by atoms with Crippen LogP contribution in [0.2, 0.25) is 0 Å². The summed E-state index contributed by atoms with van der Waals surface area (Å²) in [6, 6.07) is 0. The van der Waals surface area contributed by atoms with Crippen LogP contribution < -0.4 is 0 Å². The largest absolute Gasteiger partial charge is 0.394 e. The Bertz CT molecular complexity index is 175. The SMILES string of the molecule is COC(O)CO.CS(=O)(=O)O.OCCO. The van der Waals surface area contributed by atoms with E-state index in [2.05, 4.69) is 4.74 Å². The van der Waals surface area contributed by atoms with Crippen molar-refractivity contribution in [3.63, 3.8) is 0 Å². The Labute approximate surface area is 88.5 Å². The molecule has 0 radical (unpaired) electrons. The summed E-state index contributed by atoms with van der Waals surface area (Å²) in [7, 11) is -2.35. The first-order valence-corrected chi connectivity index (χ1v) is 5.53. The quantitative estimate of drug-likeness (QED) is 0.271. The van der Waals surface area contributed by atoms with Crippen molar-refractivity contribution in [3.05, 3.63) is 0 Å². The van der Waals surface area contributed by atoms with Gasteiger partial charge >= 0.3 is 0 Å². The summed E-state index contributed by atoms with van der Waals surface area (Å²) in [5.41, 5.74) is 0. The zero-order chi connectivity index (χ0) is 12.9. The molecular weight excluding hydrogens is 232 g/mol. The second-order valence-electron chi connectivity index (χ2n) is 2.05. The molecule has 5 N–H and O–H groups in total. The highest BCUT2D eigenvalue weighted by Crippen LogP contribution is 1.75. The molecule has 0 aromatic rings. The van der Waals surface area contributed by atoms with Crippen molar-refractivity contribution >= 4 is 10.1 Å². The zero-order valence-electron chi connectivity index (χ0n) is 8.57. The summed E-state index contributed by atoms with van der Waals surface area (Å²) in [6.07, 6.45) is -0.294. The molecule has 0 saturated heterocycles. The monoisotopic (exact) mass is 250 g/mol. The highest BCUT2D eigenvalue weighted by atomic mass is 32.2. The number of methoxy groups -OCH3 is 1. The second kappa shape index (κ2) is 13.7. The Balaban J connectivity index is -0.000000147. The lowest BCUT2D eigenvalue weighted by atomic mass is 10.7. The molecule has 0 aromatic heterocycles. The average Bonchev–Trinajstić information content (AvgIpc) is 2.14. The molecule has 0 aromatic carbocycles. The minimum absolute atomic E-state index is 0.125. The first kappa shape index (κ1) is 20.2. The molecule has 0 saturated carbocycles. The van der Waals surface area contributed by atoms with E-state index in [0.717, 1.165) is 0 Å². The first-order chi connectivity index (χ1) is 6.72. The molecule has 0 aliphatic carbocycles. The van der Waals surface area contributed by atoms with Crippen LogP contribution in [-0.4, -0.2) is 72.9 Å². The van der Waals surface area contributed by atoms with Gasteiger partial charge in [-0.1, -0.05) is 0 Å². The maximum Gasteiger partial charge on any atom is 0.261 e. The normalized spacial score (nSPS) is 11.7. The Morgan fingerprint density at radius 2 is 1.47 bits per heavy atom. The maximum absolute atomic E-state index is 9.19. The van der Waals surface area contributed by atoms with Crippen LogP contribution in [0.5, 0.6) is 0 Å². The number of hydrogen-bond acceptors (Lipinski definition) is 7. The molecule has 0 aliphatic rings. The molecule has 0 amide bonds. The molecular formula is C6H18O8S. The summed E-state index contributed by atoms with van der Waals surface area (Å²) in [6.45, 7) is -0.587. The van der Waals surface area contributed by atoms with Crippen molar-refractivity contribution in [2.24, 2.45) is 0 Å². The first-order valence-electron chi connectivity index (χ1n) is 3.68. The van der Waals surface area contributed by atoms with Gasteiger partial charge in [0.1, 0.15) is 0 Å². The summed E-state index contributed by atoms with van der Waals surface area (Å²) in [5.74, 6) is 0. The molecule has 0 bridgehead atoms. The smallest absolute Gasteiger partial charge is 0.261 e. The van der Waals surface area contributed by atoms with Crippen LogP contribution in [0.25, 0.3) is 0 Å². The van der Waals surface area contributed by atoms with Gasteiger partial charge in [0.05, 0.1) is 26.1 Å². The molecule has 1 atom stereocenters. The van der Waals surface area contributed by atoms with Gasteiger partial charge in [-0.3, -0.25) is 4.55 Å². The van der Waals surface area contributed by atoms with E-state index in [9.17, 15) is 8.42 Å². The Morgan fingerprint density at radius 1 is 1.20 bits per heavy atom. The van der Waals surface area contributed by atoms with Crippen LogP contribution >= 0.6 is 0 Å². The molecule has 0 fully saturated rings. The third kappa shape index (κ3) is 84.7. The van der Waals surface area contributed by atoms with Crippen molar-refractivity contribution in [1.82, 2.24) is 0 Å². The fourth-order valence-corrected chi connectivity index (χ4v) is 0.0745. The number of ether oxygens (including phenoxy) is 1. The van der Waals surface area contributed by atoms with Crippen LogP contribution in [0.3, 0.4) is 0 Å². The third-order valence-corrected chi connectivity index (χ3v) is 0.528. The van der Waals surface area contributed by atoms with Gasteiger partial charge in [-0.2, -0.15) is 8.42 Å². The minimum Gasteiger partial charge on any atom is -0.394 e. The lowest BCUT2D eigenvalue weighted by Crippen LogP contribution is -2.12. The van der Waals surface area contributed by atoms with Gasteiger partial charge in [0.15, 0.2) is 6.29 Å². The minimum atomic E-state index is -3.67. The van der Waals surface area contributed by atoms with Crippen LogP contribution in [0.4, 0.5) is 0 Å². The van der Waals surface area contributed by atoms with Crippen LogP contribution in [0, 0.1) is 0 Å². The third-order valence-electron chi connectivity index (χ3n) is 0.528. The summed E-state index contributed by atoms with van der Waals surface area (Å²) >= 11 is 0. The van der Waals surface area contributed by atoms with E-state index in [4.69, 9.17) is 25.0 Å². The Morgan fingerprint density at radius 3 is 1.47 bits per heavy atom. The van der Waals surface area contributed by atoms with Crippen molar-refractivity contribution in [2.75, 3.05) is 33.2 Å². The Hall–Kier alpha value is -0.290. The average molecular weight is 250 g/mol. The van der Waals surface area contributed by atoms with E-state index in [1.54, 1.807) is 0 Å². The fourth-order valence-electron chi connectivity index (χ4n) is 0.0745. The van der Waals surface area contributed by atoms with Gasteiger partial charge in [0.25, 0.3) is 10.1 Å². The van der Waals surface area contributed by atoms with E-state index >= 15 is 0 Å². The molecule has 1 unspecified atom stereocenters. The molecule has 15 heavy (non-hydrogen) atoms. The van der Waals surface area contributed by atoms with Gasteiger partial charge in [0.2, 0.25) is 0 Å². The summed E-state index contributed by atoms with van der Waals surface area (Å²) < 4.78 is 30.1. The van der Waals surface area contributed by atoms with Gasteiger partial charge in [-0.25, -0.2) is 0 Å². The van der Waals surface area contributed by atoms with E-state index in [0.29, 0.717) is 6.26 Å². The van der Waals surface area contributed by atoms with E-state index in [1.807, 2.05) is 0 Å². The fraction of sp³-hybridized carbons (Fsp3) is 1.00. The van der Waals surface area contributed by atoms with Crippen LogP contribution in [-0.2, 0) is 14.9 Å². The van der Waals surface area contributed by atoms with Crippen molar-refractivity contribution < 1.29 is 38.1 Å². The van der Waals surface area contributed by atoms with E-state index in [-0.39, 0.29) is 19.8 Å². The highest BCUT2D eigenvalue weighted by Gasteiger charge is 1.92. The zero-order valence-corrected chi connectivity index (χ0v) is 9.38. The Kier molecular flexibility index (Phi) is 18.4. The topological polar surface area (TPSA) is 145 Å². The molecule has 0 heterocycles. The number of aliphatic hydroxyl groups excluding tert-OH is 4. The van der Waals surface area contributed by atoms with Gasteiger partial charge in [-0.05, 0) is 0 Å². The number of rotatable bonds is 3. The van der Waals surface area contributed by atoms with Gasteiger partial charge in [-0.15, -0.1) is 0 Å². The van der Waals surface area contributed by atoms with E-state index in [1.165, 1.54) is 7.11 Å². The summed E-state index contributed by atoms with van der Waals surface area (Å²) in [4.78, 5) is 0.